The van der Waals surface area contributed by atoms with Crippen LogP contribution in [0.15, 0.2) is 0 Å². The van der Waals surface area contributed by atoms with Crippen molar-refractivity contribution < 1.29 is 0 Å². The third-order valence-corrected chi connectivity index (χ3v) is 5.20. The van der Waals surface area contributed by atoms with Crippen LogP contribution >= 0.6 is 11.8 Å². The Labute approximate surface area is 118 Å². The Morgan fingerprint density at radius 3 is 2.72 bits per heavy atom. The molecule has 0 aromatic carbocycles. The van der Waals surface area contributed by atoms with E-state index >= 15 is 0 Å². The number of nitrogens with one attached hydrogen (secondary N) is 1. The van der Waals surface area contributed by atoms with E-state index in [1.54, 1.807) is 0 Å². The second-order valence-corrected chi connectivity index (χ2v) is 7.56. The van der Waals surface area contributed by atoms with Gasteiger partial charge in [-0.05, 0) is 69.7 Å². The van der Waals surface area contributed by atoms with Gasteiger partial charge in [0.1, 0.15) is 0 Å². The van der Waals surface area contributed by atoms with Gasteiger partial charge >= 0.3 is 0 Å². The number of hydrogen-bond acceptors (Lipinski definition) is 3. The van der Waals surface area contributed by atoms with E-state index < -0.39 is 0 Å². The van der Waals surface area contributed by atoms with Crippen LogP contribution in [0.3, 0.4) is 0 Å². The van der Waals surface area contributed by atoms with Crippen LogP contribution in [0.4, 0.5) is 0 Å². The molecule has 3 heteroatoms. The summed E-state index contributed by atoms with van der Waals surface area (Å²) in [5, 5.41) is 3.56. The van der Waals surface area contributed by atoms with Crippen molar-refractivity contribution in [2.24, 2.45) is 11.3 Å². The Bertz CT molecular complexity index is 225. The molecule has 0 radical (unpaired) electrons. The zero-order valence-electron chi connectivity index (χ0n) is 13.0. The van der Waals surface area contributed by atoms with Crippen molar-refractivity contribution in [1.29, 1.82) is 0 Å². The topological polar surface area (TPSA) is 15.3 Å². The van der Waals surface area contributed by atoms with Gasteiger partial charge < -0.3 is 10.2 Å². The maximum absolute atomic E-state index is 3.56. The summed E-state index contributed by atoms with van der Waals surface area (Å²) < 4.78 is 0. The molecule has 0 aromatic rings. The lowest BCUT2D eigenvalue weighted by Crippen LogP contribution is -2.45. The van der Waals surface area contributed by atoms with Gasteiger partial charge in [-0.1, -0.05) is 13.8 Å². The van der Waals surface area contributed by atoms with Crippen molar-refractivity contribution >= 4 is 11.8 Å². The minimum atomic E-state index is 0.426. The highest BCUT2D eigenvalue weighted by atomic mass is 32.2. The number of rotatable bonds is 7. The van der Waals surface area contributed by atoms with Gasteiger partial charge in [0.25, 0.3) is 0 Å². The van der Waals surface area contributed by atoms with Gasteiger partial charge in [0.2, 0.25) is 0 Å². The fraction of sp³-hybridized carbons (Fsp3) is 1.00. The molecule has 0 bridgehead atoms. The Morgan fingerprint density at radius 1 is 1.44 bits per heavy atom. The maximum Gasteiger partial charge on any atom is 0.00719 e. The van der Waals surface area contributed by atoms with E-state index in [4.69, 9.17) is 0 Å². The van der Waals surface area contributed by atoms with Gasteiger partial charge in [0.05, 0.1) is 0 Å². The molecule has 1 saturated heterocycles. The molecule has 108 valence electrons. The highest BCUT2D eigenvalue weighted by Crippen LogP contribution is 2.32. The Morgan fingerprint density at radius 2 is 2.17 bits per heavy atom. The van der Waals surface area contributed by atoms with E-state index in [1.807, 2.05) is 11.8 Å². The minimum absolute atomic E-state index is 0.426. The zero-order valence-corrected chi connectivity index (χ0v) is 13.8. The van der Waals surface area contributed by atoms with Crippen molar-refractivity contribution in [2.45, 2.75) is 46.1 Å². The SMILES string of the molecule is CSCCC(C)N(C)CC(C)(C)C1CCCNC1. The number of nitrogens with zero attached hydrogens (tertiary/aromatic N) is 1. The molecular formula is C15H32N2S. The lowest BCUT2D eigenvalue weighted by molar-refractivity contribution is 0.0948. The summed E-state index contributed by atoms with van der Waals surface area (Å²) in [5.41, 5.74) is 0.426. The van der Waals surface area contributed by atoms with Crippen LogP contribution in [0.5, 0.6) is 0 Å². The highest BCUT2D eigenvalue weighted by molar-refractivity contribution is 7.98. The summed E-state index contributed by atoms with van der Waals surface area (Å²) >= 11 is 1.96. The molecule has 1 aliphatic heterocycles. The number of piperidine rings is 1. The first-order valence-corrected chi connectivity index (χ1v) is 8.76. The second-order valence-electron chi connectivity index (χ2n) is 6.58. The Hall–Kier alpha value is 0.270. The summed E-state index contributed by atoms with van der Waals surface area (Å²) in [6.07, 6.45) is 6.24. The molecule has 2 atom stereocenters. The van der Waals surface area contributed by atoms with Gasteiger partial charge in [-0.15, -0.1) is 0 Å². The third-order valence-electron chi connectivity index (χ3n) is 4.55. The monoisotopic (exact) mass is 272 g/mol. The predicted octanol–water partition coefficient (Wildman–Crippen LogP) is 3.09. The molecule has 0 aromatic heterocycles. The lowest BCUT2D eigenvalue weighted by Gasteiger charge is -2.41. The van der Waals surface area contributed by atoms with E-state index in [0.717, 1.165) is 5.92 Å². The van der Waals surface area contributed by atoms with Crippen LogP contribution in [0.1, 0.15) is 40.0 Å². The van der Waals surface area contributed by atoms with Gasteiger partial charge in [0, 0.05) is 12.6 Å². The second kappa shape index (κ2) is 7.76. The molecule has 1 N–H and O–H groups in total. The quantitative estimate of drug-likeness (QED) is 0.767. The van der Waals surface area contributed by atoms with Crippen molar-refractivity contribution in [1.82, 2.24) is 10.2 Å². The number of thioether (sulfide) groups is 1. The molecule has 1 rings (SSSR count). The molecule has 2 nitrogen and oxygen atoms in total. The maximum atomic E-state index is 3.56. The van der Waals surface area contributed by atoms with E-state index in [1.165, 1.54) is 44.6 Å². The highest BCUT2D eigenvalue weighted by Gasteiger charge is 2.32. The van der Waals surface area contributed by atoms with Gasteiger partial charge in [0.15, 0.2) is 0 Å². The Balaban J connectivity index is 2.42. The van der Waals surface area contributed by atoms with E-state index in [9.17, 15) is 0 Å². The molecule has 18 heavy (non-hydrogen) atoms. The van der Waals surface area contributed by atoms with Crippen LogP contribution in [0, 0.1) is 11.3 Å². The average Bonchev–Trinajstić information content (AvgIpc) is 2.36. The first kappa shape index (κ1) is 16.3. The molecule has 0 amide bonds. The standard InChI is InChI=1S/C15H32N2S/c1-13(8-10-18-5)17(4)12-15(2,3)14-7-6-9-16-11-14/h13-14,16H,6-12H2,1-5H3. The number of hydrogen-bond donors (Lipinski definition) is 1. The molecule has 0 aliphatic carbocycles. The third kappa shape index (κ3) is 5.10. The summed E-state index contributed by atoms with van der Waals surface area (Å²) in [7, 11) is 2.29. The van der Waals surface area contributed by atoms with Crippen LogP contribution in [-0.4, -0.2) is 49.6 Å². The van der Waals surface area contributed by atoms with E-state index in [2.05, 4.69) is 44.3 Å². The van der Waals surface area contributed by atoms with Crippen molar-refractivity contribution in [3.05, 3.63) is 0 Å². The summed E-state index contributed by atoms with van der Waals surface area (Å²) in [5.74, 6) is 2.11. The van der Waals surface area contributed by atoms with Crippen LogP contribution in [0.2, 0.25) is 0 Å². The van der Waals surface area contributed by atoms with Gasteiger partial charge in [-0.2, -0.15) is 11.8 Å². The Kier molecular flexibility index (Phi) is 7.04. The average molecular weight is 273 g/mol. The summed E-state index contributed by atoms with van der Waals surface area (Å²) in [6, 6.07) is 0.702. The van der Waals surface area contributed by atoms with Crippen molar-refractivity contribution in [3.8, 4) is 0 Å². The van der Waals surface area contributed by atoms with E-state index in [0.29, 0.717) is 11.5 Å². The first-order valence-electron chi connectivity index (χ1n) is 7.37. The van der Waals surface area contributed by atoms with Crippen LogP contribution < -0.4 is 5.32 Å². The fourth-order valence-corrected chi connectivity index (χ4v) is 3.53. The molecule has 2 unspecified atom stereocenters. The summed E-state index contributed by atoms with van der Waals surface area (Å²) in [4.78, 5) is 2.56. The van der Waals surface area contributed by atoms with Crippen LogP contribution in [0.25, 0.3) is 0 Å². The largest absolute Gasteiger partial charge is 0.316 e. The van der Waals surface area contributed by atoms with Crippen molar-refractivity contribution in [2.75, 3.05) is 38.7 Å². The van der Waals surface area contributed by atoms with Gasteiger partial charge in [-0.3, -0.25) is 0 Å². The van der Waals surface area contributed by atoms with Crippen LogP contribution in [-0.2, 0) is 0 Å². The first-order chi connectivity index (χ1) is 8.47. The fourth-order valence-electron chi connectivity index (χ4n) is 2.96. The molecule has 1 aliphatic rings. The lowest BCUT2D eigenvalue weighted by atomic mass is 9.74. The van der Waals surface area contributed by atoms with Gasteiger partial charge in [-0.25, -0.2) is 0 Å². The molecule has 0 saturated carbocycles. The predicted molar refractivity (Wildman–Crippen MR) is 84.5 cm³/mol. The smallest absolute Gasteiger partial charge is 0.00719 e. The molecular weight excluding hydrogens is 240 g/mol. The normalized spacial score (nSPS) is 23.3. The van der Waals surface area contributed by atoms with Crippen molar-refractivity contribution in [3.63, 3.8) is 0 Å². The minimum Gasteiger partial charge on any atom is -0.316 e. The summed E-state index contributed by atoms with van der Waals surface area (Å²) in [6.45, 7) is 10.9. The molecule has 0 spiro atoms. The molecule has 1 fully saturated rings. The van der Waals surface area contributed by atoms with E-state index in [-0.39, 0.29) is 0 Å². The zero-order chi connectivity index (χ0) is 13.6. The molecule has 1 heterocycles.